The Hall–Kier alpha value is -1.75. The number of nitrogens with zero attached hydrogens (tertiary/aromatic N) is 1. The van der Waals surface area contributed by atoms with Crippen LogP contribution in [0, 0.1) is 0 Å². The van der Waals surface area contributed by atoms with E-state index in [-0.39, 0.29) is 12.1 Å². The lowest BCUT2D eigenvalue weighted by atomic mass is 10.2. The van der Waals surface area contributed by atoms with Crippen LogP contribution in [0.2, 0.25) is 0 Å². The zero-order valence-electron chi connectivity index (χ0n) is 10.8. The van der Waals surface area contributed by atoms with Crippen LogP contribution in [0.15, 0.2) is 24.3 Å². The van der Waals surface area contributed by atoms with Crippen molar-refractivity contribution in [2.75, 3.05) is 32.6 Å². The van der Waals surface area contributed by atoms with E-state index >= 15 is 0 Å². The fraction of sp³-hybridized carbons (Fsp3) is 0.462. The number of ether oxygens (including phenoxy) is 1. The van der Waals surface area contributed by atoms with Crippen molar-refractivity contribution in [2.45, 2.75) is 12.5 Å². The van der Waals surface area contributed by atoms with Gasteiger partial charge in [0.25, 0.3) is 0 Å². The van der Waals surface area contributed by atoms with Gasteiger partial charge in [-0.1, -0.05) is 0 Å². The van der Waals surface area contributed by atoms with Crippen LogP contribution < -0.4 is 15.4 Å². The number of urea groups is 1. The van der Waals surface area contributed by atoms with E-state index in [4.69, 9.17) is 4.74 Å². The van der Waals surface area contributed by atoms with Gasteiger partial charge in [0.15, 0.2) is 0 Å². The van der Waals surface area contributed by atoms with Crippen molar-refractivity contribution in [3.05, 3.63) is 24.3 Å². The largest absolute Gasteiger partial charge is 0.497 e. The standard InChI is InChI=1S/C13H19N3O2/c1-16-8-7-11(9-16)15-13(17)14-10-3-5-12(18-2)6-4-10/h3-6,11H,7-9H2,1-2H3,(H2,14,15,17). The summed E-state index contributed by atoms with van der Waals surface area (Å²) < 4.78 is 5.06. The van der Waals surface area contributed by atoms with Crippen molar-refractivity contribution in [2.24, 2.45) is 0 Å². The average molecular weight is 249 g/mol. The van der Waals surface area contributed by atoms with E-state index in [1.807, 2.05) is 24.3 Å². The van der Waals surface area contributed by atoms with Crippen LogP contribution >= 0.6 is 0 Å². The molecule has 1 aliphatic heterocycles. The Morgan fingerprint density at radius 2 is 2.11 bits per heavy atom. The predicted octanol–water partition coefficient (Wildman–Crippen LogP) is 1.52. The first kappa shape index (κ1) is 12.7. The van der Waals surface area contributed by atoms with Crippen LogP contribution in [-0.4, -0.2) is 44.2 Å². The summed E-state index contributed by atoms with van der Waals surface area (Å²) in [5.41, 5.74) is 0.764. The van der Waals surface area contributed by atoms with Crippen LogP contribution in [-0.2, 0) is 0 Å². The highest BCUT2D eigenvalue weighted by atomic mass is 16.5. The molecule has 1 saturated heterocycles. The molecule has 0 aromatic heterocycles. The number of hydrogen-bond donors (Lipinski definition) is 2. The third-order valence-electron chi connectivity index (χ3n) is 3.07. The molecule has 2 N–H and O–H groups in total. The number of nitrogens with one attached hydrogen (secondary N) is 2. The zero-order chi connectivity index (χ0) is 13.0. The summed E-state index contributed by atoms with van der Waals surface area (Å²) >= 11 is 0. The van der Waals surface area contributed by atoms with Gasteiger partial charge in [0.05, 0.1) is 7.11 Å². The second-order valence-electron chi connectivity index (χ2n) is 4.57. The zero-order valence-corrected chi connectivity index (χ0v) is 10.8. The number of carbonyl (C=O) groups is 1. The van der Waals surface area contributed by atoms with Gasteiger partial charge in [0.1, 0.15) is 5.75 Å². The van der Waals surface area contributed by atoms with E-state index < -0.39 is 0 Å². The number of anilines is 1. The molecule has 98 valence electrons. The maximum Gasteiger partial charge on any atom is 0.319 e. The molecule has 1 heterocycles. The maximum atomic E-state index is 11.8. The second-order valence-corrected chi connectivity index (χ2v) is 4.57. The molecular weight excluding hydrogens is 230 g/mol. The normalized spacial score (nSPS) is 19.6. The Kier molecular flexibility index (Phi) is 4.04. The van der Waals surface area contributed by atoms with E-state index in [1.54, 1.807) is 7.11 Å². The molecule has 1 aromatic carbocycles. The summed E-state index contributed by atoms with van der Waals surface area (Å²) in [6.45, 7) is 1.95. The van der Waals surface area contributed by atoms with Gasteiger partial charge in [0.2, 0.25) is 0 Å². The van der Waals surface area contributed by atoms with Gasteiger partial charge >= 0.3 is 6.03 Å². The first-order valence-corrected chi connectivity index (χ1v) is 6.07. The molecule has 0 saturated carbocycles. The molecule has 18 heavy (non-hydrogen) atoms. The van der Waals surface area contributed by atoms with Gasteiger partial charge in [0, 0.05) is 18.3 Å². The van der Waals surface area contributed by atoms with Crippen LogP contribution in [0.5, 0.6) is 5.75 Å². The van der Waals surface area contributed by atoms with Crippen molar-refractivity contribution >= 4 is 11.7 Å². The van der Waals surface area contributed by atoms with E-state index in [0.29, 0.717) is 0 Å². The third kappa shape index (κ3) is 3.37. The number of likely N-dealkylation sites (tertiary alicyclic amines) is 1. The molecule has 1 atom stereocenters. The lowest BCUT2D eigenvalue weighted by Crippen LogP contribution is -2.39. The van der Waals surface area contributed by atoms with Crippen molar-refractivity contribution in [1.82, 2.24) is 10.2 Å². The van der Waals surface area contributed by atoms with Crippen molar-refractivity contribution in [3.63, 3.8) is 0 Å². The lowest BCUT2D eigenvalue weighted by Gasteiger charge is -2.13. The van der Waals surface area contributed by atoms with Gasteiger partial charge in [-0.3, -0.25) is 0 Å². The van der Waals surface area contributed by atoms with Crippen molar-refractivity contribution < 1.29 is 9.53 Å². The average Bonchev–Trinajstić information content (AvgIpc) is 2.75. The lowest BCUT2D eigenvalue weighted by molar-refractivity contribution is 0.248. The van der Waals surface area contributed by atoms with Gasteiger partial charge in [-0.25, -0.2) is 4.79 Å². The van der Waals surface area contributed by atoms with Crippen LogP contribution in [0.1, 0.15) is 6.42 Å². The summed E-state index contributed by atoms with van der Waals surface area (Å²) in [7, 11) is 3.68. The molecule has 0 aliphatic carbocycles. The molecule has 5 nitrogen and oxygen atoms in total. The minimum absolute atomic E-state index is 0.152. The number of likely N-dealkylation sites (N-methyl/N-ethyl adjacent to an activating group) is 1. The highest BCUT2D eigenvalue weighted by Crippen LogP contribution is 2.15. The summed E-state index contributed by atoms with van der Waals surface area (Å²) in [5, 5.41) is 5.77. The monoisotopic (exact) mass is 249 g/mol. The Labute approximate surface area is 107 Å². The van der Waals surface area contributed by atoms with E-state index in [2.05, 4.69) is 22.6 Å². The maximum absolute atomic E-state index is 11.8. The van der Waals surface area contributed by atoms with Gasteiger partial charge in [-0.15, -0.1) is 0 Å². The number of hydrogen-bond acceptors (Lipinski definition) is 3. The summed E-state index contributed by atoms with van der Waals surface area (Å²) in [6.07, 6.45) is 1.01. The quantitative estimate of drug-likeness (QED) is 0.854. The molecule has 0 bridgehead atoms. The van der Waals surface area contributed by atoms with Gasteiger partial charge in [-0.05, 0) is 44.3 Å². The summed E-state index contributed by atoms with van der Waals surface area (Å²) in [5.74, 6) is 0.776. The topological polar surface area (TPSA) is 53.6 Å². The molecule has 1 unspecified atom stereocenters. The highest BCUT2D eigenvalue weighted by Gasteiger charge is 2.20. The molecule has 5 heteroatoms. The molecular formula is C13H19N3O2. The number of benzene rings is 1. The Morgan fingerprint density at radius 1 is 1.39 bits per heavy atom. The predicted molar refractivity (Wildman–Crippen MR) is 71.1 cm³/mol. The Morgan fingerprint density at radius 3 is 2.67 bits per heavy atom. The fourth-order valence-corrected chi connectivity index (χ4v) is 2.08. The molecule has 1 aromatic rings. The van der Waals surface area contributed by atoms with Gasteiger partial charge in [-0.2, -0.15) is 0 Å². The SMILES string of the molecule is COc1ccc(NC(=O)NC2CCN(C)C2)cc1. The molecule has 0 spiro atoms. The highest BCUT2D eigenvalue weighted by molar-refractivity contribution is 5.89. The number of rotatable bonds is 3. The number of methoxy groups -OCH3 is 1. The number of amides is 2. The Bertz CT molecular complexity index is 405. The van der Waals surface area contributed by atoms with Crippen molar-refractivity contribution in [1.29, 1.82) is 0 Å². The minimum atomic E-state index is -0.152. The van der Waals surface area contributed by atoms with E-state index in [1.165, 1.54) is 0 Å². The Balaban J connectivity index is 1.83. The van der Waals surface area contributed by atoms with E-state index in [0.717, 1.165) is 30.9 Å². The van der Waals surface area contributed by atoms with Crippen LogP contribution in [0.25, 0.3) is 0 Å². The molecule has 0 radical (unpaired) electrons. The smallest absolute Gasteiger partial charge is 0.319 e. The van der Waals surface area contributed by atoms with Gasteiger partial charge < -0.3 is 20.3 Å². The van der Waals surface area contributed by atoms with E-state index in [9.17, 15) is 4.79 Å². The molecule has 2 rings (SSSR count). The summed E-state index contributed by atoms with van der Waals surface area (Å²) in [4.78, 5) is 14.0. The molecule has 1 fully saturated rings. The number of carbonyl (C=O) groups excluding carboxylic acids is 1. The van der Waals surface area contributed by atoms with Crippen molar-refractivity contribution in [3.8, 4) is 5.75 Å². The van der Waals surface area contributed by atoms with Crippen LogP contribution in [0.4, 0.5) is 10.5 Å². The molecule has 2 amide bonds. The third-order valence-corrected chi connectivity index (χ3v) is 3.07. The minimum Gasteiger partial charge on any atom is -0.497 e. The van der Waals surface area contributed by atoms with Crippen LogP contribution in [0.3, 0.4) is 0 Å². The first-order chi connectivity index (χ1) is 8.67. The first-order valence-electron chi connectivity index (χ1n) is 6.07. The summed E-state index contributed by atoms with van der Waals surface area (Å²) in [6, 6.07) is 7.37. The second kappa shape index (κ2) is 5.73. The molecule has 1 aliphatic rings. The fourth-order valence-electron chi connectivity index (χ4n) is 2.08.